The van der Waals surface area contributed by atoms with Crippen LogP contribution in [0, 0.1) is 5.82 Å². The number of halogens is 6. The van der Waals surface area contributed by atoms with Gasteiger partial charge >= 0.3 is 17.8 Å². The van der Waals surface area contributed by atoms with Crippen LogP contribution in [0.4, 0.5) is 23.2 Å². The summed E-state index contributed by atoms with van der Waals surface area (Å²) in [6.07, 6.45) is -5.35. The van der Waals surface area contributed by atoms with Gasteiger partial charge in [-0.1, -0.05) is 29.3 Å². The van der Waals surface area contributed by atoms with Crippen LogP contribution in [0.25, 0.3) is 0 Å². The molecule has 0 aliphatic heterocycles. The van der Waals surface area contributed by atoms with Gasteiger partial charge < -0.3 is 15.4 Å². The molecule has 0 saturated carbocycles. The Morgan fingerprint density at radius 1 is 1.10 bits per heavy atom. The molecule has 156 valence electrons. The highest BCUT2D eigenvalue weighted by Gasteiger charge is 2.63. The molecule has 11 heteroatoms. The lowest BCUT2D eigenvalue weighted by atomic mass is 10.1. The molecule has 0 bridgehead atoms. The molecule has 0 spiro atoms. The number of esters is 1. The third-order valence-electron chi connectivity index (χ3n) is 3.65. The summed E-state index contributed by atoms with van der Waals surface area (Å²) in [5.74, 6) is -3.95. The number of rotatable bonds is 6. The molecular formula is C18H14Cl2F4N2O3. The van der Waals surface area contributed by atoms with E-state index in [4.69, 9.17) is 23.2 Å². The van der Waals surface area contributed by atoms with Crippen LogP contribution in [-0.2, 0) is 9.53 Å². The molecule has 5 nitrogen and oxygen atoms in total. The van der Waals surface area contributed by atoms with Gasteiger partial charge in [0, 0.05) is 16.3 Å². The maximum atomic E-state index is 14.1. The molecule has 0 radical (unpaired) electrons. The third kappa shape index (κ3) is 5.10. The summed E-state index contributed by atoms with van der Waals surface area (Å²) in [7, 11) is 0. The molecule has 0 fully saturated rings. The highest BCUT2D eigenvalue weighted by molar-refractivity contribution is 6.31. The minimum Gasteiger partial charge on any atom is -0.463 e. The Bertz CT molecular complexity index is 924. The van der Waals surface area contributed by atoms with Gasteiger partial charge in [0.05, 0.1) is 11.6 Å². The zero-order valence-corrected chi connectivity index (χ0v) is 16.3. The Kier molecular flexibility index (Phi) is 6.97. The monoisotopic (exact) mass is 452 g/mol. The Balaban J connectivity index is 2.54. The van der Waals surface area contributed by atoms with Gasteiger partial charge in [-0.3, -0.25) is 4.79 Å². The van der Waals surface area contributed by atoms with Crippen LogP contribution in [0.2, 0.25) is 10.0 Å². The van der Waals surface area contributed by atoms with E-state index < -0.39 is 41.2 Å². The van der Waals surface area contributed by atoms with E-state index in [2.05, 4.69) is 4.74 Å². The molecule has 2 aromatic rings. The van der Waals surface area contributed by atoms with Crippen molar-refractivity contribution in [2.45, 2.75) is 18.8 Å². The number of nitrogens with one attached hydrogen (secondary N) is 2. The van der Waals surface area contributed by atoms with Crippen LogP contribution in [-0.4, -0.2) is 30.3 Å². The van der Waals surface area contributed by atoms with E-state index in [0.29, 0.717) is 0 Å². The van der Waals surface area contributed by atoms with E-state index in [1.807, 2.05) is 5.32 Å². The number of carbonyl (C=O) groups excluding carboxylic acids is 2. The standard InChI is InChI=1S/C18H14Cl2F4N2O3/c1-2-29-16(28)17(18(22,23)24,25-12-6-7-14(21)13(20)9-12)26-15(27)10-4-3-5-11(19)8-10/h3-9,25H,2H2,1H3,(H,26,27)/t17-/m1/s1. The van der Waals surface area contributed by atoms with Crippen molar-refractivity contribution in [1.29, 1.82) is 0 Å². The van der Waals surface area contributed by atoms with Gasteiger partial charge in [0.2, 0.25) is 0 Å². The van der Waals surface area contributed by atoms with Gasteiger partial charge in [0.1, 0.15) is 5.82 Å². The van der Waals surface area contributed by atoms with Crippen molar-refractivity contribution in [2.24, 2.45) is 0 Å². The summed E-state index contributed by atoms with van der Waals surface area (Å²) < 4.78 is 60.1. The van der Waals surface area contributed by atoms with E-state index in [1.165, 1.54) is 25.1 Å². The van der Waals surface area contributed by atoms with Crippen molar-refractivity contribution in [3.63, 3.8) is 0 Å². The molecule has 0 heterocycles. The Morgan fingerprint density at radius 2 is 1.79 bits per heavy atom. The van der Waals surface area contributed by atoms with Gasteiger partial charge in [-0.15, -0.1) is 0 Å². The van der Waals surface area contributed by atoms with E-state index in [1.54, 1.807) is 5.32 Å². The quantitative estimate of drug-likeness (QED) is 0.375. The molecule has 0 aliphatic carbocycles. The second kappa shape index (κ2) is 8.87. The lowest BCUT2D eigenvalue weighted by Gasteiger charge is -2.35. The van der Waals surface area contributed by atoms with Crippen molar-refractivity contribution >= 4 is 40.8 Å². The minimum absolute atomic E-state index is 0.102. The largest absolute Gasteiger partial charge is 0.463 e. The SMILES string of the molecule is CCOC(=O)[C@](NC(=O)c1cccc(Cl)c1)(Nc1ccc(F)c(Cl)c1)C(F)(F)F. The number of benzene rings is 2. The number of amides is 1. The fourth-order valence-corrected chi connectivity index (χ4v) is 2.66. The second-order valence-corrected chi connectivity index (χ2v) is 6.53. The molecule has 0 aromatic heterocycles. The lowest BCUT2D eigenvalue weighted by Crippen LogP contribution is -2.69. The van der Waals surface area contributed by atoms with Crippen molar-refractivity contribution in [3.05, 3.63) is 63.9 Å². The first-order valence-corrected chi connectivity index (χ1v) is 8.81. The van der Waals surface area contributed by atoms with E-state index >= 15 is 0 Å². The van der Waals surface area contributed by atoms with Gasteiger partial charge in [-0.2, -0.15) is 13.2 Å². The normalized spacial score (nSPS) is 13.3. The van der Waals surface area contributed by atoms with Crippen molar-refractivity contribution < 1.29 is 31.9 Å². The van der Waals surface area contributed by atoms with Crippen molar-refractivity contribution in [3.8, 4) is 0 Å². The first-order chi connectivity index (χ1) is 13.5. The highest BCUT2D eigenvalue weighted by atomic mass is 35.5. The maximum absolute atomic E-state index is 14.1. The first-order valence-electron chi connectivity index (χ1n) is 8.05. The zero-order valence-electron chi connectivity index (χ0n) is 14.7. The van der Waals surface area contributed by atoms with Crippen molar-refractivity contribution in [1.82, 2.24) is 5.32 Å². The first kappa shape index (κ1) is 22.8. The molecule has 1 amide bonds. The van der Waals surface area contributed by atoms with E-state index in [-0.39, 0.29) is 16.3 Å². The Morgan fingerprint density at radius 3 is 2.34 bits per heavy atom. The van der Waals surface area contributed by atoms with Crippen LogP contribution >= 0.6 is 23.2 Å². The summed E-state index contributed by atoms with van der Waals surface area (Å²) in [5, 5.41) is 3.13. The summed E-state index contributed by atoms with van der Waals surface area (Å²) in [6.45, 7) is 0.905. The number of anilines is 1. The lowest BCUT2D eigenvalue weighted by molar-refractivity contribution is -0.204. The molecule has 29 heavy (non-hydrogen) atoms. The van der Waals surface area contributed by atoms with Crippen molar-refractivity contribution in [2.75, 3.05) is 11.9 Å². The predicted molar refractivity (Wildman–Crippen MR) is 99.4 cm³/mol. The molecule has 2 aromatic carbocycles. The topological polar surface area (TPSA) is 67.4 Å². The van der Waals surface area contributed by atoms with E-state index in [9.17, 15) is 27.2 Å². The zero-order chi connectivity index (χ0) is 21.8. The van der Waals surface area contributed by atoms with Gasteiger partial charge in [0.25, 0.3) is 5.91 Å². The fraction of sp³-hybridized carbons (Fsp3) is 0.222. The summed E-state index contributed by atoms with van der Waals surface area (Å²) in [4.78, 5) is 24.8. The van der Waals surface area contributed by atoms with E-state index in [0.717, 1.165) is 24.3 Å². The second-order valence-electron chi connectivity index (χ2n) is 5.69. The molecule has 0 saturated heterocycles. The molecule has 0 aliphatic rings. The molecular weight excluding hydrogens is 439 g/mol. The van der Waals surface area contributed by atoms with Crippen LogP contribution in [0.3, 0.4) is 0 Å². The fourth-order valence-electron chi connectivity index (χ4n) is 2.29. The summed E-state index contributed by atoms with van der Waals surface area (Å²) >= 11 is 11.4. The number of alkyl halides is 3. The summed E-state index contributed by atoms with van der Waals surface area (Å²) in [5.41, 5.74) is -4.29. The number of ether oxygens (including phenoxy) is 1. The molecule has 1 atom stereocenters. The van der Waals surface area contributed by atoms with Gasteiger partial charge in [-0.25, -0.2) is 9.18 Å². The van der Waals surface area contributed by atoms with Gasteiger partial charge in [-0.05, 0) is 43.3 Å². The minimum atomic E-state index is -5.35. The summed E-state index contributed by atoms with van der Waals surface area (Å²) in [6, 6.07) is 7.66. The van der Waals surface area contributed by atoms with Crippen LogP contribution in [0.5, 0.6) is 0 Å². The highest BCUT2D eigenvalue weighted by Crippen LogP contribution is 2.34. The van der Waals surface area contributed by atoms with Crippen LogP contribution < -0.4 is 10.6 Å². The Hall–Kier alpha value is -2.52. The maximum Gasteiger partial charge on any atom is 0.441 e. The van der Waals surface area contributed by atoms with Crippen LogP contribution in [0.15, 0.2) is 42.5 Å². The average molecular weight is 453 g/mol. The average Bonchev–Trinajstić information content (AvgIpc) is 2.63. The number of hydrogen-bond acceptors (Lipinski definition) is 4. The molecule has 2 rings (SSSR count). The number of carbonyl (C=O) groups is 2. The third-order valence-corrected chi connectivity index (χ3v) is 4.17. The molecule has 2 N–H and O–H groups in total. The number of hydrogen-bond donors (Lipinski definition) is 2. The predicted octanol–water partition coefficient (Wildman–Crippen LogP) is 4.80. The smallest absolute Gasteiger partial charge is 0.441 e. The van der Waals surface area contributed by atoms with Crippen LogP contribution in [0.1, 0.15) is 17.3 Å². The Labute approximate surface area is 172 Å². The molecule has 0 unspecified atom stereocenters. The van der Waals surface area contributed by atoms with Gasteiger partial charge in [0.15, 0.2) is 0 Å².